The van der Waals surface area contributed by atoms with Crippen molar-refractivity contribution in [1.29, 1.82) is 0 Å². The maximum Gasteiger partial charge on any atom is 0.417 e. The van der Waals surface area contributed by atoms with E-state index in [9.17, 15) is 26.4 Å². The zero-order chi connectivity index (χ0) is 26.9. The fourth-order valence-corrected chi connectivity index (χ4v) is 5.29. The third-order valence-electron chi connectivity index (χ3n) is 5.66. The number of rotatable bonds is 8. The van der Waals surface area contributed by atoms with E-state index in [2.05, 4.69) is 5.32 Å². The molecule has 1 amide bonds. The summed E-state index contributed by atoms with van der Waals surface area (Å²) in [5, 5.41) is 2.21. The molecule has 1 N–H and O–H groups in total. The van der Waals surface area contributed by atoms with E-state index in [0.717, 1.165) is 40.8 Å². The average Bonchev–Trinajstić information content (AvgIpc) is 2.72. The minimum atomic E-state index is -4.80. The lowest BCUT2D eigenvalue weighted by molar-refractivity contribution is -0.137. The first-order chi connectivity index (χ1) is 16.0. The number of ether oxygens (including phenoxy) is 1. The number of hydrogen-bond acceptors (Lipinski definition) is 4. The zero-order valence-corrected chi connectivity index (χ0v) is 22.2. The number of halogens is 4. The highest BCUT2D eigenvalue weighted by molar-refractivity contribution is 7.92. The van der Waals surface area contributed by atoms with E-state index >= 15 is 0 Å². The van der Waals surface area contributed by atoms with Crippen LogP contribution >= 0.6 is 11.6 Å². The quantitative estimate of drug-likeness (QED) is 0.462. The Morgan fingerprint density at radius 3 is 2.17 bits per heavy atom. The molecular weight excluding hydrogens is 505 g/mol. The molecular formula is C24H30ClF3N2O4S. The largest absolute Gasteiger partial charge is 0.496 e. The first-order valence-corrected chi connectivity index (χ1v) is 13.1. The lowest BCUT2D eigenvalue weighted by Gasteiger charge is -2.30. The number of sulfonamides is 1. The number of carbonyl (C=O) groups excluding carboxylic acids is 1. The molecule has 0 aliphatic carbocycles. The summed E-state index contributed by atoms with van der Waals surface area (Å²) in [5.74, 6) is 0.201. The molecule has 0 aliphatic rings. The van der Waals surface area contributed by atoms with E-state index in [1.807, 2.05) is 32.9 Å². The fraction of sp³-hybridized carbons (Fsp3) is 0.458. The predicted octanol–water partition coefficient (Wildman–Crippen LogP) is 5.83. The van der Waals surface area contributed by atoms with Crippen LogP contribution in [0.5, 0.6) is 5.75 Å². The van der Waals surface area contributed by atoms with Crippen LogP contribution < -0.4 is 14.4 Å². The van der Waals surface area contributed by atoms with Gasteiger partial charge in [-0.05, 0) is 73.7 Å². The summed E-state index contributed by atoms with van der Waals surface area (Å²) in [6, 6.07) is 4.67. The summed E-state index contributed by atoms with van der Waals surface area (Å²) in [6.07, 6.45) is -3.97. The molecule has 194 valence electrons. The van der Waals surface area contributed by atoms with Crippen LogP contribution in [-0.2, 0) is 21.0 Å². The lowest BCUT2D eigenvalue weighted by atomic mass is 9.93. The van der Waals surface area contributed by atoms with Crippen LogP contribution in [-0.4, -0.2) is 33.7 Å². The maximum atomic E-state index is 13.3. The zero-order valence-electron chi connectivity index (χ0n) is 20.6. The first-order valence-electron chi connectivity index (χ1n) is 10.8. The molecule has 2 aromatic carbocycles. The van der Waals surface area contributed by atoms with E-state index in [-0.39, 0.29) is 11.6 Å². The molecule has 0 spiro atoms. The Bertz CT molecular complexity index is 1200. The molecule has 0 unspecified atom stereocenters. The summed E-state index contributed by atoms with van der Waals surface area (Å²) >= 11 is 5.67. The van der Waals surface area contributed by atoms with E-state index in [1.165, 1.54) is 6.92 Å². The highest BCUT2D eigenvalue weighted by Crippen LogP contribution is 2.38. The van der Waals surface area contributed by atoms with Gasteiger partial charge in [0, 0.05) is 0 Å². The number of carbonyl (C=O) groups is 1. The number of anilines is 1. The topological polar surface area (TPSA) is 75.7 Å². The van der Waals surface area contributed by atoms with Gasteiger partial charge >= 0.3 is 6.18 Å². The van der Waals surface area contributed by atoms with Crippen LogP contribution in [0, 0.1) is 6.92 Å². The highest BCUT2D eigenvalue weighted by Gasteiger charge is 2.36. The van der Waals surface area contributed by atoms with E-state index in [1.54, 1.807) is 14.0 Å². The minimum absolute atomic E-state index is 0.152. The van der Waals surface area contributed by atoms with Crippen molar-refractivity contribution >= 4 is 33.2 Å². The van der Waals surface area contributed by atoms with Crippen molar-refractivity contribution in [2.75, 3.05) is 17.7 Å². The summed E-state index contributed by atoms with van der Waals surface area (Å²) in [5.41, 5.74) is 1.11. The molecule has 2 aromatic rings. The van der Waals surface area contributed by atoms with Crippen LogP contribution in [0.1, 0.15) is 61.9 Å². The first kappa shape index (κ1) is 28.8. The fourth-order valence-electron chi connectivity index (χ4n) is 3.90. The third kappa shape index (κ3) is 6.61. The molecule has 35 heavy (non-hydrogen) atoms. The van der Waals surface area contributed by atoms with Crippen molar-refractivity contribution < 1.29 is 31.1 Å². The van der Waals surface area contributed by atoms with Gasteiger partial charge in [-0.2, -0.15) is 13.2 Å². The van der Waals surface area contributed by atoms with Gasteiger partial charge in [0.2, 0.25) is 15.9 Å². The van der Waals surface area contributed by atoms with Crippen molar-refractivity contribution in [3.8, 4) is 5.75 Å². The van der Waals surface area contributed by atoms with Gasteiger partial charge in [-0.1, -0.05) is 25.4 Å². The number of hydrogen-bond donors (Lipinski definition) is 1. The Labute approximate surface area is 209 Å². The molecule has 0 saturated carbocycles. The van der Waals surface area contributed by atoms with Gasteiger partial charge in [0.15, 0.2) is 0 Å². The van der Waals surface area contributed by atoms with Crippen molar-refractivity contribution in [2.45, 2.75) is 58.8 Å². The van der Waals surface area contributed by atoms with Gasteiger partial charge in [-0.25, -0.2) is 8.42 Å². The number of nitrogens with zero attached hydrogens (tertiary/aromatic N) is 1. The maximum absolute atomic E-state index is 13.3. The average molecular weight is 535 g/mol. The molecule has 2 atom stereocenters. The van der Waals surface area contributed by atoms with Crippen molar-refractivity contribution in [3.05, 3.63) is 57.6 Å². The van der Waals surface area contributed by atoms with Crippen molar-refractivity contribution in [3.63, 3.8) is 0 Å². The van der Waals surface area contributed by atoms with Gasteiger partial charge in [-0.15, -0.1) is 0 Å². The monoisotopic (exact) mass is 534 g/mol. The van der Waals surface area contributed by atoms with Crippen LogP contribution in [0.25, 0.3) is 0 Å². The molecule has 0 radical (unpaired) electrons. The predicted molar refractivity (Wildman–Crippen MR) is 132 cm³/mol. The van der Waals surface area contributed by atoms with Gasteiger partial charge in [-0.3, -0.25) is 9.10 Å². The van der Waals surface area contributed by atoms with Gasteiger partial charge in [0.1, 0.15) is 11.8 Å². The molecule has 0 heterocycles. The summed E-state index contributed by atoms with van der Waals surface area (Å²) in [6.45, 7) is 8.94. The number of amides is 1. The second-order valence-electron chi connectivity index (χ2n) is 8.73. The smallest absolute Gasteiger partial charge is 0.417 e. The highest BCUT2D eigenvalue weighted by atomic mass is 35.5. The Balaban J connectivity index is 2.42. The summed E-state index contributed by atoms with van der Waals surface area (Å²) < 4.78 is 71.2. The van der Waals surface area contributed by atoms with Crippen LogP contribution in [0.3, 0.4) is 0 Å². The van der Waals surface area contributed by atoms with E-state index in [4.69, 9.17) is 16.3 Å². The second kappa shape index (κ2) is 10.7. The molecule has 2 rings (SSSR count). The van der Waals surface area contributed by atoms with E-state index < -0.39 is 44.8 Å². The lowest BCUT2D eigenvalue weighted by Crippen LogP contribution is -2.48. The number of nitrogens with one attached hydrogen (secondary N) is 1. The Kier molecular flexibility index (Phi) is 8.76. The molecule has 0 fully saturated rings. The summed E-state index contributed by atoms with van der Waals surface area (Å²) in [4.78, 5) is 13.1. The normalized spacial score (nSPS) is 13.9. The van der Waals surface area contributed by atoms with Crippen LogP contribution in [0.4, 0.5) is 18.9 Å². The number of methoxy groups -OCH3 is 1. The molecule has 0 bridgehead atoms. The van der Waals surface area contributed by atoms with Gasteiger partial charge < -0.3 is 10.1 Å². The van der Waals surface area contributed by atoms with Crippen LogP contribution in [0.2, 0.25) is 5.02 Å². The number of alkyl halides is 3. The molecule has 6 nitrogen and oxygen atoms in total. The Hall–Kier alpha value is -2.46. The van der Waals surface area contributed by atoms with Gasteiger partial charge in [0.25, 0.3) is 0 Å². The molecule has 0 saturated heterocycles. The Morgan fingerprint density at radius 2 is 1.69 bits per heavy atom. The van der Waals surface area contributed by atoms with Crippen LogP contribution in [0.15, 0.2) is 30.3 Å². The standard InChI is InChI=1S/C24H30ClF3N2O4S/c1-13(2)18-12-19(14(3)10-22(18)34-6)15(4)29-23(31)16(5)30(35(7,32)33)17-8-9-21(25)20(11-17)24(26,27)28/h8-13,15-16H,1-7H3,(H,29,31)/t15-,16-/m1/s1. The van der Waals surface area contributed by atoms with Gasteiger partial charge in [0.05, 0.1) is 35.7 Å². The number of benzene rings is 2. The molecule has 11 heteroatoms. The van der Waals surface area contributed by atoms with Crippen molar-refractivity contribution in [2.24, 2.45) is 0 Å². The Morgan fingerprint density at radius 1 is 1.09 bits per heavy atom. The second-order valence-corrected chi connectivity index (χ2v) is 11.0. The SMILES string of the molecule is COc1cc(C)c([C@@H](C)NC(=O)[C@@H](C)N(c2ccc(Cl)c(C(F)(F)F)c2)S(C)(=O)=O)cc1C(C)C. The van der Waals surface area contributed by atoms with E-state index in [0.29, 0.717) is 10.4 Å². The van der Waals surface area contributed by atoms with Crippen molar-refractivity contribution in [1.82, 2.24) is 5.32 Å². The third-order valence-corrected chi connectivity index (χ3v) is 7.24. The molecule has 0 aliphatic heterocycles. The minimum Gasteiger partial charge on any atom is -0.496 e. The molecule has 0 aromatic heterocycles. The summed E-state index contributed by atoms with van der Waals surface area (Å²) in [7, 11) is -2.55. The number of aryl methyl sites for hydroxylation is 1.